The van der Waals surface area contributed by atoms with Gasteiger partial charge in [0.1, 0.15) is 0 Å². The molecule has 1 rings (SSSR count). The van der Waals surface area contributed by atoms with E-state index in [4.69, 9.17) is 0 Å². The molecule has 1 aromatic heterocycles. The SMILES string of the molecule is Cc1ccc(/C=C\CC(C)C)s1. The van der Waals surface area contributed by atoms with Crippen LogP contribution in [0.15, 0.2) is 18.2 Å². The zero-order valence-corrected chi connectivity index (χ0v) is 8.82. The molecule has 0 unspecified atom stereocenters. The lowest BCUT2D eigenvalue weighted by atomic mass is 10.1. The summed E-state index contributed by atoms with van der Waals surface area (Å²) in [4.78, 5) is 2.76. The molecule has 0 saturated heterocycles. The quantitative estimate of drug-likeness (QED) is 0.656. The second kappa shape index (κ2) is 4.46. The van der Waals surface area contributed by atoms with Crippen LogP contribution in [-0.4, -0.2) is 0 Å². The molecule has 0 atom stereocenters. The molecule has 0 amide bonds. The third-order valence-corrected chi connectivity index (χ3v) is 2.62. The lowest BCUT2D eigenvalue weighted by Gasteiger charge is -1.95. The van der Waals surface area contributed by atoms with Crippen LogP contribution in [0.3, 0.4) is 0 Å². The summed E-state index contributed by atoms with van der Waals surface area (Å²) in [5, 5.41) is 0. The van der Waals surface area contributed by atoms with Crippen LogP contribution in [0.25, 0.3) is 6.08 Å². The molecule has 0 aliphatic carbocycles. The van der Waals surface area contributed by atoms with E-state index in [1.54, 1.807) is 0 Å². The van der Waals surface area contributed by atoms with Crippen LogP contribution in [0.1, 0.15) is 30.0 Å². The fourth-order valence-corrected chi connectivity index (χ4v) is 1.81. The molecule has 0 aromatic carbocycles. The Labute approximate surface area is 78.9 Å². The molecule has 66 valence electrons. The van der Waals surface area contributed by atoms with Crippen molar-refractivity contribution in [3.63, 3.8) is 0 Å². The number of thiophene rings is 1. The summed E-state index contributed by atoms with van der Waals surface area (Å²) in [6, 6.07) is 4.34. The fraction of sp³-hybridized carbons (Fsp3) is 0.455. The molecule has 0 saturated carbocycles. The molecule has 0 fully saturated rings. The number of hydrogen-bond donors (Lipinski definition) is 0. The van der Waals surface area contributed by atoms with Gasteiger partial charge in [-0.2, -0.15) is 0 Å². The highest BCUT2D eigenvalue weighted by molar-refractivity contribution is 7.12. The van der Waals surface area contributed by atoms with Gasteiger partial charge in [-0.3, -0.25) is 0 Å². The standard InChI is InChI=1S/C11H16S/c1-9(2)5-4-6-11-8-7-10(3)12-11/h4,6-9H,5H2,1-3H3/b6-4-. The summed E-state index contributed by atoms with van der Waals surface area (Å²) in [5.74, 6) is 0.766. The second-order valence-electron chi connectivity index (χ2n) is 3.48. The van der Waals surface area contributed by atoms with Gasteiger partial charge in [0.25, 0.3) is 0 Å². The number of aryl methyl sites for hydroxylation is 1. The van der Waals surface area contributed by atoms with E-state index in [0.717, 1.165) is 5.92 Å². The first-order valence-corrected chi connectivity index (χ1v) is 5.23. The van der Waals surface area contributed by atoms with E-state index in [9.17, 15) is 0 Å². The van der Waals surface area contributed by atoms with E-state index >= 15 is 0 Å². The van der Waals surface area contributed by atoms with Gasteiger partial charge in [0.15, 0.2) is 0 Å². The molecule has 0 aliphatic rings. The second-order valence-corrected chi connectivity index (χ2v) is 4.80. The van der Waals surface area contributed by atoms with Crippen molar-refractivity contribution in [2.75, 3.05) is 0 Å². The van der Waals surface area contributed by atoms with Crippen LogP contribution < -0.4 is 0 Å². The minimum Gasteiger partial charge on any atom is -0.141 e. The van der Waals surface area contributed by atoms with Gasteiger partial charge in [0, 0.05) is 9.75 Å². The van der Waals surface area contributed by atoms with Crippen LogP contribution >= 0.6 is 11.3 Å². The zero-order chi connectivity index (χ0) is 8.97. The maximum absolute atomic E-state index is 2.26. The largest absolute Gasteiger partial charge is 0.141 e. The highest BCUT2D eigenvalue weighted by Crippen LogP contribution is 2.17. The Morgan fingerprint density at radius 2 is 2.17 bits per heavy atom. The first kappa shape index (κ1) is 9.53. The van der Waals surface area contributed by atoms with E-state index in [-0.39, 0.29) is 0 Å². The lowest BCUT2D eigenvalue weighted by molar-refractivity contribution is 0.665. The van der Waals surface area contributed by atoms with Crippen molar-refractivity contribution in [2.24, 2.45) is 5.92 Å². The molecule has 0 nitrogen and oxygen atoms in total. The van der Waals surface area contributed by atoms with Crippen LogP contribution in [0.2, 0.25) is 0 Å². The van der Waals surface area contributed by atoms with Crippen molar-refractivity contribution in [3.8, 4) is 0 Å². The molecular formula is C11H16S. The predicted octanol–water partition coefficient (Wildman–Crippen LogP) is 4.12. The van der Waals surface area contributed by atoms with Gasteiger partial charge >= 0.3 is 0 Å². The number of allylic oxidation sites excluding steroid dienone is 1. The van der Waals surface area contributed by atoms with Gasteiger partial charge in [-0.1, -0.05) is 19.9 Å². The highest BCUT2D eigenvalue weighted by Gasteiger charge is 1.91. The molecule has 0 spiro atoms. The van der Waals surface area contributed by atoms with Gasteiger partial charge in [0.05, 0.1) is 0 Å². The predicted molar refractivity (Wildman–Crippen MR) is 57.5 cm³/mol. The maximum atomic E-state index is 2.26. The van der Waals surface area contributed by atoms with Gasteiger partial charge in [-0.25, -0.2) is 0 Å². The third kappa shape index (κ3) is 3.22. The van der Waals surface area contributed by atoms with Gasteiger partial charge in [-0.05, 0) is 37.5 Å². The topological polar surface area (TPSA) is 0 Å². The van der Waals surface area contributed by atoms with E-state index < -0.39 is 0 Å². The Morgan fingerprint density at radius 1 is 1.42 bits per heavy atom. The minimum absolute atomic E-state index is 0.766. The smallest absolute Gasteiger partial charge is 0.0269 e. The van der Waals surface area contributed by atoms with E-state index in [2.05, 4.69) is 45.1 Å². The zero-order valence-electron chi connectivity index (χ0n) is 8.00. The first-order chi connectivity index (χ1) is 5.68. The summed E-state index contributed by atoms with van der Waals surface area (Å²) in [6.07, 6.45) is 5.66. The summed E-state index contributed by atoms with van der Waals surface area (Å²) in [5.41, 5.74) is 0. The Balaban J connectivity index is 2.46. The molecule has 12 heavy (non-hydrogen) atoms. The van der Waals surface area contributed by atoms with E-state index in [0.29, 0.717) is 0 Å². The molecule has 0 aliphatic heterocycles. The molecule has 1 heteroatoms. The van der Waals surface area contributed by atoms with E-state index in [1.807, 2.05) is 11.3 Å². The van der Waals surface area contributed by atoms with Crippen molar-refractivity contribution in [2.45, 2.75) is 27.2 Å². The van der Waals surface area contributed by atoms with Crippen LogP contribution in [-0.2, 0) is 0 Å². The van der Waals surface area contributed by atoms with Crippen LogP contribution in [0.4, 0.5) is 0 Å². The fourth-order valence-electron chi connectivity index (χ4n) is 0.999. The Hall–Kier alpha value is -0.560. The number of hydrogen-bond acceptors (Lipinski definition) is 1. The van der Waals surface area contributed by atoms with Crippen molar-refractivity contribution in [1.82, 2.24) is 0 Å². The Kier molecular flexibility index (Phi) is 3.54. The van der Waals surface area contributed by atoms with Gasteiger partial charge < -0.3 is 0 Å². The molecule has 1 aromatic rings. The maximum Gasteiger partial charge on any atom is 0.0269 e. The summed E-state index contributed by atoms with van der Waals surface area (Å²) < 4.78 is 0. The summed E-state index contributed by atoms with van der Waals surface area (Å²) in [6.45, 7) is 6.62. The van der Waals surface area contributed by atoms with Crippen molar-refractivity contribution < 1.29 is 0 Å². The Bertz CT molecular complexity index is 256. The molecular weight excluding hydrogens is 164 g/mol. The summed E-state index contributed by atoms with van der Waals surface area (Å²) >= 11 is 1.85. The molecule has 0 N–H and O–H groups in total. The van der Waals surface area contributed by atoms with Crippen LogP contribution in [0, 0.1) is 12.8 Å². The average molecular weight is 180 g/mol. The van der Waals surface area contributed by atoms with Crippen LogP contribution in [0.5, 0.6) is 0 Å². The monoisotopic (exact) mass is 180 g/mol. The minimum atomic E-state index is 0.766. The highest BCUT2D eigenvalue weighted by atomic mass is 32.1. The normalized spacial score (nSPS) is 11.7. The lowest BCUT2D eigenvalue weighted by Crippen LogP contribution is -1.80. The van der Waals surface area contributed by atoms with Gasteiger partial charge in [-0.15, -0.1) is 11.3 Å². The van der Waals surface area contributed by atoms with Crippen molar-refractivity contribution >= 4 is 17.4 Å². The Morgan fingerprint density at radius 3 is 2.67 bits per heavy atom. The molecule has 0 bridgehead atoms. The average Bonchev–Trinajstić information content (AvgIpc) is 2.35. The molecule has 0 radical (unpaired) electrons. The number of rotatable bonds is 3. The van der Waals surface area contributed by atoms with E-state index in [1.165, 1.54) is 16.2 Å². The third-order valence-electron chi connectivity index (χ3n) is 1.65. The van der Waals surface area contributed by atoms with Crippen molar-refractivity contribution in [1.29, 1.82) is 0 Å². The summed E-state index contributed by atoms with van der Waals surface area (Å²) in [7, 11) is 0. The van der Waals surface area contributed by atoms with Gasteiger partial charge in [0.2, 0.25) is 0 Å². The first-order valence-electron chi connectivity index (χ1n) is 4.41. The molecule has 1 heterocycles. The van der Waals surface area contributed by atoms with Crippen molar-refractivity contribution in [3.05, 3.63) is 28.0 Å².